The molecule has 0 bridgehead atoms. The minimum absolute atomic E-state index is 0. The van der Waals surface area contributed by atoms with Crippen molar-refractivity contribution < 1.29 is 47.6 Å². The van der Waals surface area contributed by atoms with Crippen molar-refractivity contribution in [3.63, 3.8) is 0 Å². The summed E-state index contributed by atoms with van der Waals surface area (Å²) in [4.78, 5) is 21.6. The third kappa shape index (κ3) is 7.95. The predicted octanol–water partition coefficient (Wildman–Crippen LogP) is 7.24. The van der Waals surface area contributed by atoms with Crippen LogP contribution in [0.5, 0.6) is 0 Å². The van der Waals surface area contributed by atoms with Crippen LogP contribution in [-0.2, 0) is 20.1 Å². The van der Waals surface area contributed by atoms with Gasteiger partial charge < -0.3 is 29.5 Å². The summed E-state index contributed by atoms with van der Waals surface area (Å²) >= 11 is 0. The molecule has 0 saturated carbocycles. The first kappa shape index (κ1) is 35.9. The normalized spacial score (nSPS) is 12.6. The van der Waals surface area contributed by atoms with Gasteiger partial charge in [0, 0.05) is 31.4 Å². The van der Waals surface area contributed by atoms with E-state index in [-0.39, 0.29) is 25.8 Å². The second-order valence-corrected chi connectivity index (χ2v) is 10.5. The monoisotopic (exact) mass is 835 g/mol. The third-order valence-electron chi connectivity index (χ3n) is 7.69. The number of benzene rings is 4. The number of aromatic nitrogens is 1. The molecule has 0 amide bonds. The fourth-order valence-electron chi connectivity index (χ4n) is 5.40. The standard InChI is InChI=1S/2C15H14F2N2.C6H5NO2.Ir/c2*1-2-18-10-19(15-6-4-3-5-14(15)18)13-8-7-11(16)9-12(13)17;8-6(9)5-3-1-2-4-7-5;/h2*3-9H,2,10H2,1H3;1-4H,(H,8,9);/q;;;+3/p-1. The number of carboxylic acid groups (broad SMARTS) is 1. The van der Waals surface area contributed by atoms with Gasteiger partial charge in [-0.3, -0.25) is 4.98 Å². The van der Waals surface area contributed by atoms with Crippen LogP contribution in [0.1, 0.15) is 24.3 Å². The molecule has 12 heteroatoms. The molecule has 0 atom stereocenters. The maximum atomic E-state index is 13.9. The average Bonchev–Trinajstić information content (AvgIpc) is 3.64. The Morgan fingerprint density at radius 3 is 1.38 bits per heavy atom. The first-order valence-corrected chi connectivity index (χ1v) is 15.0. The zero-order valence-corrected chi connectivity index (χ0v) is 28.5. The number of hydrogen-bond donors (Lipinski definition) is 0. The quantitative estimate of drug-likeness (QED) is 0.173. The van der Waals surface area contributed by atoms with E-state index in [9.17, 15) is 27.5 Å². The van der Waals surface area contributed by atoms with E-state index in [0.29, 0.717) is 24.7 Å². The van der Waals surface area contributed by atoms with Gasteiger partial charge in [-0.2, -0.15) is 0 Å². The smallest absolute Gasteiger partial charge is 0.543 e. The second-order valence-electron chi connectivity index (χ2n) is 10.5. The van der Waals surface area contributed by atoms with Crippen LogP contribution in [0.15, 0.2) is 109 Å². The first-order valence-electron chi connectivity index (χ1n) is 15.0. The Kier molecular flexibility index (Phi) is 12.2. The molecule has 0 aliphatic carbocycles. The number of carbonyl (C=O) groups is 1. The van der Waals surface area contributed by atoms with Gasteiger partial charge in [-0.05, 0) is 74.5 Å². The predicted molar refractivity (Wildman–Crippen MR) is 174 cm³/mol. The van der Waals surface area contributed by atoms with Crippen molar-refractivity contribution in [1.82, 2.24) is 4.98 Å². The van der Waals surface area contributed by atoms with E-state index < -0.39 is 29.2 Å². The van der Waals surface area contributed by atoms with Crippen molar-refractivity contribution in [2.75, 3.05) is 46.0 Å². The molecule has 48 heavy (non-hydrogen) atoms. The van der Waals surface area contributed by atoms with Crippen LogP contribution in [-0.4, -0.2) is 37.4 Å². The van der Waals surface area contributed by atoms with Gasteiger partial charge in [0.1, 0.15) is 23.3 Å². The van der Waals surface area contributed by atoms with Gasteiger partial charge in [0.25, 0.3) is 0 Å². The van der Waals surface area contributed by atoms with Crippen molar-refractivity contribution in [3.8, 4) is 0 Å². The number of nitrogens with zero attached hydrogens (tertiary/aromatic N) is 5. The van der Waals surface area contributed by atoms with Crippen LogP contribution in [0, 0.1) is 23.3 Å². The number of rotatable bonds is 5. The fraction of sp³-hybridized carbons (Fsp3) is 0.167. The molecule has 2 aliphatic rings. The number of aromatic carboxylic acids is 1. The number of carbonyl (C=O) groups excluding carboxylic acids is 1. The molecule has 4 aromatic carbocycles. The summed E-state index contributed by atoms with van der Waals surface area (Å²) in [7, 11) is 0. The molecular formula is C36H32F4IrN5O2+2. The average molecular weight is 835 g/mol. The Hall–Kier alpha value is -4.93. The van der Waals surface area contributed by atoms with Crippen LogP contribution in [0.25, 0.3) is 0 Å². The molecule has 0 spiro atoms. The Balaban J connectivity index is 0.000000171. The summed E-state index contributed by atoms with van der Waals surface area (Å²) in [6.07, 6.45) is 1.41. The first-order chi connectivity index (χ1) is 22.7. The molecule has 5 aromatic rings. The van der Waals surface area contributed by atoms with Crippen LogP contribution in [0.2, 0.25) is 0 Å². The number of fused-ring (bicyclic) bond motifs is 2. The molecule has 0 N–H and O–H groups in total. The van der Waals surface area contributed by atoms with Gasteiger partial charge in [-0.1, -0.05) is 30.3 Å². The van der Waals surface area contributed by atoms with Crippen LogP contribution < -0.4 is 24.7 Å². The van der Waals surface area contributed by atoms with Gasteiger partial charge in [-0.15, -0.1) is 0 Å². The van der Waals surface area contributed by atoms with E-state index in [2.05, 4.69) is 28.6 Å². The van der Waals surface area contributed by atoms with E-state index in [1.165, 1.54) is 36.5 Å². The molecule has 0 fully saturated rings. The van der Waals surface area contributed by atoms with Crippen molar-refractivity contribution in [2.45, 2.75) is 13.8 Å². The van der Waals surface area contributed by atoms with Crippen LogP contribution in [0.4, 0.5) is 51.7 Å². The molecule has 0 radical (unpaired) electrons. The number of halogens is 4. The van der Waals surface area contributed by atoms with Crippen LogP contribution >= 0.6 is 0 Å². The topological polar surface area (TPSA) is 66.0 Å². The van der Waals surface area contributed by atoms with Crippen molar-refractivity contribution in [3.05, 3.63) is 138 Å². The molecule has 3 heterocycles. The third-order valence-corrected chi connectivity index (χ3v) is 7.69. The molecule has 2 aliphatic heterocycles. The van der Waals surface area contributed by atoms with E-state index in [1.807, 2.05) is 58.3 Å². The Morgan fingerprint density at radius 2 is 1.04 bits per heavy atom. The minimum Gasteiger partial charge on any atom is -0.543 e. The summed E-state index contributed by atoms with van der Waals surface area (Å²) in [5.41, 5.74) is 4.85. The van der Waals surface area contributed by atoms with Gasteiger partial charge in [0.2, 0.25) is 0 Å². The van der Waals surface area contributed by atoms with Gasteiger partial charge in [0.15, 0.2) is 0 Å². The SMILES string of the molecule is CCN1CN(c2ccc(F)cc2F)c2ccccc21.CCN1CN(c2ccc(F)cc2F)c2ccccc21.O=C([O-])c1ccccn1.[Ir+3]. The van der Waals surface area contributed by atoms with Crippen molar-refractivity contribution >= 4 is 40.1 Å². The van der Waals surface area contributed by atoms with E-state index in [0.717, 1.165) is 48.0 Å². The number of hydrogen-bond acceptors (Lipinski definition) is 7. The second kappa shape index (κ2) is 16.3. The fourth-order valence-corrected chi connectivity index (χ4v) is 5.40. The van der Waals surface area contributed by atoms with Crippen LogP contribution in [0.3, 0.4) is 0 Å². The molecule has 1 aromatic heterocycles. The molecule has 0 saturated heterocycles. The summed E-state index contributed by atoms with van der Waals surface area (Å²) in [6, 6.07) is 27.7. The molecule has 248 valence electrons. The number of anilines is 6. The molecule has 7 rings (SSSR count). The van der Waals surface area contributed by atoms with Gasteiger partial charge >= 0.3 is 20.1 Å². The van der Waals surface area contributed by atoms with Crippen molar-refractivity contribution in [1.29, 1.82) is 0 Å². The zero-order chi connectivity index (χ0) is 33.5. The summed E-state index contributed by atoms with van der Waals surface area (Å²) in [6.45, 7) is 6.96. The Morgan fingerprint density at radius 1 is 0.625 bits per heavy atom. The molecule has 0 unspecified atom stereocenters. The van der Waals surface area contributed by atoms with E-state index >= 15 is 0 Å². The maximum Gasteiger partial charge on any atom is 3.00 e. The summed E-state index contributed by atoms with van der Waals surface area (Å²) in [5, 5.41) is 10.0. The Bertz CT molecular complexity index is 1740. The number of pyridine rings is 1. The largest absolute Gasteiger partial charge is 3.00 e. The minimum atomic E-state index is -1.24. The number of para-hydroxylation sites is 4. The van der Waals surface area contributed by atoms with E-state index in [1.54, 1.807) is 12.1 Å². The summed E-state index contributed by atoms with van der Waals surface area (Å²) in [5.74, 6) is -3.42. The zero-order valence-electron chi connectivity index (χ0n) is 26.1. The maximum absolute atomic E-state index is 13.9. The van der Waals surface area contributed by atoms with Gasteiger partial charge in [-0.25, -0.2) is 17.6 Å². The molecular weight excluding hydrogens is 803 g/mol. The number of carboxylic acids is 1. The summed E-state index contributed by atoms with van der Waals surface area (Å²) < 4.78 is 53.9. The Labute approximate surface area is 290 Å². The van der Waals surface area contributed by atoms with E-state index in [4.69, 9.17) is 0 Å². The van der Waals surface area contributed by atoms with Gasteiger partial charge in [0.05, 0.1) is 59.1 Å². The molecule has 7 nitrogen and oxygen atoms in total. The van der Waals surface area contributed by atoms with Crippen molar-refractivity contribution in [2.24, 2.45) is 0 Å².